The molecule has 0 aliphatic rings. The number of amides is 1. The largest absolute Gasteiger partial charge is 0.481 e. The first-order valence-electron chi connectivity index (χ1n) is 7.45. The lowest BCUT2D eigenvalue weighted by Crippen LogP contribution is -2.26. The number of nitrogens with one attached hydrogen (secondary N) is 2. The topological polar surface area (TPSA) is 113 Å². The second kappa shape index (κ2) is 9.14. The van der Waals surface area contributed by atoms with E-state index in [4.69, 9.17) is 5.11 Å². The van der Waals surface area contributed by atoms with Crippen molar-refractivity contribution in [3.63, 3.8) is 0 Å². The van der Waals surface area contributed by atoms with Crippen LogP contribution in [-0.2, 0) is 14.8 Å². The van der Waals surface area contributed by atoms with Crippen molar-refractivity contribution in [3.8, 4) is 0 Å². The maximum absolute atomic E-state index is 12.1. The summed E-state index contributed by atoms with van der Waals surface area (Å²) in [7, 11) is -3.47. The van der Waals surface area contributed by atoms with Crippen molar-refractivity contribution >= 4 is 27.6 Å². The summed E-state index contributed by atoms with van der Waals surface area (Å²) in [6, 6.07) is 6.37. The zero-order valence-corrected chi connectivity index (χ0v) is 13.9. The highest BCUT2D eigenvalue weighted by Gasteiger charge is 2.15. The van der Waals surface area contributed by atoms with Crippen LogP contribution in [0.2, 0.25) is 0 Å². The second-order valence-corrected chi connectivity index (χ2v) is 6.92. The summed E-state index contributed by atoms with van der Waals surface area (Å²) < 4.78 is 26.1. The maximum Gasteiger partial charge on any atom is 0.303 e. The van der Waals surface area contributed by atoms with Crippen LogP contribution in [0.5, 0.6) is 0 Å². The number of carbonyl (C=O) groups is 2. The summed E-state index contributed by atoms with van der Waals surface area (Å²) in [5.74, 6) is -1.28. The Hall–Kier alpha value is -2.09. The minimum Gasteiger partial charge on any atom is -0.481 e. The molecule has 0 radical (unpaired) electrons. The first-order chi connectivity index (χ1) is 10.9. The number of aliphatic carboxylic acids is 1. The van der Waals surface area contributed by atoms with Crippen molar-refractivity contribution in [3.05, 3.63) is 29.8 Å². The lowest BCUT2D eigenvalue weighted by atomic mass is 10.1. The fourth-order valence-corrected chi connectivity index (χ4v) is 3.11. The molecule has 0 bridgehead atoms. The molecule has 128 valence electrons. The van der Waals surface area contributed by atoms with Crippen LogP contribution >= 0.6 is 0 Å². The zero-order chi connectivity index (χ0) is 17.3. The highest BCUT2D eigenvalue weighted by Crippen LogP contribution is 2.17. The van der Waals surface area contributed by atoms with Crippen LogP contribution in [0.25, 0.3) is 0 Å². The molecular formula is C15H22N2O5S. The number of carbonyl (C=O) groups excluding carboxylic acids is 1. The standard InChI is InChI=1S/C15H22N2O5S/c1-2-11-23(21,22)17-13-8-4-3-7-12(13)15(20)16-10-6-5-9-14(18)19/h3-4,7-8,17H,2,5-6,9-11H2,1H3,(H,16,20)(H,18,19). The van der Waals surface area contributed by atoms with Gasteiger partial charge in [0.1, 0.15) is 0 Å². The van der Waals surface area contributed by atoms with Crippen molar-refractivity contribution < 1.29 is 23.1 Å². The average molecular weight is 342 g/mol. The van der Waals surface area contributed by atoms with E-state index in [1.54, 1.807) is 19.1 Å². The van der Waals surface area contributed by atoms with E-state index >= 15 is 0 Å². The molecule has 1 aromatic carbocycles. The van der Waals surface area contributed by atoms with Gasteiger partial charge in [-0.3, -0.25) is 14.3 Å². The SMILES string of the molecule is CCCS(=O)(=O)Nc1ccccc1C(=O)NCCCCC(=O)O. The molecule has 1 aromatic rings. The van der Waals surface area contributed by atoms with Gasteiger partial charge in [-0.25, -0.2) is 8.42 Å². The Balaban J connectivity index is 2.65. The number of hydrogen-bond acceptors (Lipinski definition) is 4. The molecule has 0 aromatic heterocycles. The number of carboxylic acids is 1. The Morgan fingerprint density at radius 3 is 2.52 bits per heavy atom. The van der Waals surface area contributed by atoms with Gasteiger partial charge in [0.25, 0.3) is 5.91 Å². The number of para-hydroxylation sites is 1. The van der Waals surface area contributed by atoms with E-state index in [1.807, 2.05) is 0 Å². The molecule has 0 atom stereocenters. The Morgan fingerprint density at radius 1 is 1.17 bits per heavy atom. The molecule has 0 fully saturated rings. The van der Waals surface area contributed by atoms with Gasteiger partial charge in [0.15, 0.2) is 0 Å². The molecule has 7 nitrogen and oxygen atoms in total. The summed E-state index contributed by atoms with van der Waals surface area (Å²) in [6.45, 7) is 2.09. The summed E-state index contributed by atoms with van der Waals surface area (Å²) in [5.41, 5.74) is 0.481. The van der Waals surface area contributed by atoms with Crippen LogP contribution < -0.4 is 10.0 Å². The van der Waals surface area contributed by atoms with Gasteiger partial charge >= 0.3 is 5.97 Å². The quantitative estimate of drug-likeness (QED) is 0.561. The molecule has 0 aliphatic heterocycles. The third-order valence-electron chi connectivity index (χ3n) is 3.01. The van der Waals surface area contributed by atoms with Crippen LogP contribution in [0, 0.1) is 0 Å². The predicted octanol–water partition coefficient (Wildman–Crippen LogP) is 1.82. The minimum atomic E-state index is -3.47. The Morgan fingerprint density at radius 2 is 1.87 bits per heavy atom. The Labute approximate surface area is 136 Å². The van der Waals surface area contributed by atoms with Crippen LogP contribution in [0.1, 0.15) is 43.0 Å². The van der Waals surface area contributed by atoms with Crippen molar-refractivity contribution in [1.82, 2.24) is 5.32 Å². The van der Waals surface area contributed by atoms with E-state index in [0.717, 1.165) is 0 Å². The lowest BCUT2D eigenvalue weighted by Gasteiger charge is -2.12. The molecule has 1 amide bonds. The number of rotatable bonds is 10. The molecule has 0 saturated carbocycles. The van der Waals surface area contributed by atoms with Crippen molar-refractivity contribution in [1.29, 1.82) is 0 Å². The van der Waals surface area contributed by atoms with Gasteiger partial charge in [-0.1, -0.05) is 19.1 Å². The van der Waals surface area contributed by atoms with E-state index in [0.29, 0.717) is 25.8 Å². The molecule has 3 N–H and O–H groups in total. The van der Waals surface area contributed by atoms with Gasteiger partial charge in [-0.2, -0.15) is 0 Å². The normalized spacial score (nSPS) is 11.0. The molecule has 0 unspecified atom stereocenters. The van der Waals surface area contributed by atoms with Gasteiger partial charge in [0.05, 0.1) is 17.0 Å². The number of benzene rings is 1. The molecule has 1 rings (SSSR count). The van der Waals surface area contributed by atoms with Crippen LogP contribution in [0.4, 0.5) is 5.69 Å². The third-order valence-corrected chi connectivity index (χ3v) is 4.49. The third kappa shape index (κ3) is 7.14. The maximum atomic E-state index is 12.1. The molecule has 0 heterocycles. The Kier molecular flexibility index (Phi) is 7.53. The van der Waals surface area contributed by atoms with E-state index in [9.17, 15) is 18.0 Å². The molecule has 23 heavy (non-hydrogen) atoms. The minimum absolute atomic E-state index is 0.0157. The van der Waals surface area contributed by atoms with Crippen molar-refractivity contribution in [2.75, 3.05) is 17.0 Å². The summed E-state index contributed by atoms with van der Waals surface area (Å²) in [5, 5.41) is 11.2. The van der Waals surface area contributed by atoms with Gasteiger partial charge in [-0.05, 0) is 31.4 Å². The highest BCUT2D eigenvalue weighted by atomic mass is 32.2. The fourth-order valence-electron chi connectivity index (χ4n) is 1.96. The van der Waals surface area contributed by atoms with Gasteiger partial charge < -0.3 is 10.4 Å². The average Bonchev–Trinajstić information content (AvgIpc) is 2.46. The lowest BCUT2D eigenvalue weighted by molar-refractivity contribution is -0.137. The van der Waals surface area contributed by atoms with E-state index in [-0.39, 0.29) is 23.4 Å². The van der Waals surface area contributed by atoms with Gasteiger partial charge in [-0.15, -0.1) is 0 Å². The van der Waals surface area contributed by atoms with E-state index in [2.05, 4.69) is 10.0 Å². The number of sulfonamides is 1. The second-order valence-electron chi connectivity index (χ2n) is 5.07. The molecule has 0 spiro atoms. The number of carboxylic acid groups (broad SMARTS) is 1. The van der Waals surface area contributed by atoms with Crippen LogP contribution in [-0.4, -0.2) is 37.7 Å². The summed E-state index contributed by atoms with van der Waals surface area (Å²) >= 11 is 0. The summed E-state index contributed by atoms with van der Waals surface area (Å²) in [4.78, 5) is 22.5. The van der Waals surface area contributed by atoms with Gasteiger partial charge in [0.2, 0.25) is 10.0 Å². The molecule has 0 saturated heterocycles. The number of unbranched alkanes of at least 4 members (excludes halogenated alkanes) is 1. The first-order valence-corrected chi connectivity index (χ1v) is 9.10. The van der Waals surface area contributed by atoms with E-state index in [1.165, 1.54) is 12.1 Å². The zero-order valence-electron chi connectivity index (χ0n) is 13.0. The van der Waals surface area contributed by atoms with Crippen LogP contribution in [0.3, 0.4) is 0 Å². The predicted molar refractivity (Wildman–Crippen MR) is 88.0 cm³/mol. The van der Waals surface area contributed by atoms with Crippen molar-refractivity contribution in [2.45, 2.75) is 32.6 Å². The number of hydrogen-bond donors (Lipinski definition) is 3. The first kappa shape index (κ1) is 19.0. The van der Waals surface area contributed by atoms with Gasteiger partial charge in [0, 0.05) is 13.0 Å². The molecule has 0 aliphatic carbocycles. The number of anilines is 1. The highest BCUT2D eigenvalue weighted by molar-refractivity contribution is 7.92. The molecular weight excluding hydrogens is 320 g/mol. The monoisotopic (exact) mass is 342 g/mol. The molecule has 8 heteroatoms. The Bertz CT molecular complexity index is 643. The van der Waals surface area contributed by atoms with Crippen molar-refractivity contribution in [2.24, 2.45) is 0 Å². The fraction of sp³-hybridized carbons (Fsp3) is 0.467. The van der Waals surface area contributed by atoms with Crippen LogP contribution in [0.15, 0.2) is 24.3 Å². The smallest absolute Gasteiger partial charge is 0.303 e. The van der Waals surface area contributed by atoms with E-state index < -0.39 is 21.9 Å². The summed E-state index contributed by atoms with van der Waals surface area (Å²) in [6.07, 6.45) is 1.55.